The van der Waals surface area contributed by atoms with Gasteiger partial charge in [0.25, 0.3) is 0 Å². The van der Waals surface area contributed by atoms with Crippen molar-refractivity contribution >= 4 is 14.9 Å². The fraction of sp³-hybridized carbons (Fsp3) is 0.429. The summed E-state index contributed by atoms with van der Waals surface area (Å²) in [6, 6.07) is 0. The molecule has 0 aromatic carbocycles. The Hall–Kier alpha value is -0.162. The van der Waals surface area contributed by atoms with Gasteiger partial charge in [-0.05, 0) is 0 Å². The van der Waals surface area contributed by atoms with Gasteiger partial charge in [0.2, 0.25) is 0 Å². The minimum atomic E-state index is -0.616. The molecule has 0 unspecified atom stereocenters. The molecule has 0 radical (unpaired) electrons. The van der Waals surface area contributed by atoms with Crippen LogP contribution < -0.4 is 0 Å². The number of hydrogen-bond acceptors (Lipinski definition) is 1. The molecule has 0 saturated carbocycles. The Morgan fingerprint density at radius 1 is 1.33 bits per heavy atom. The zero-order valence-corrected chi connectivity index (χ0v) is 7.79. The van der Waals surface area contributed by atoms with Gasteiger partial charge < -0.3 is 0 Å². The summed E-state index contributed by atoms with van der Waals surface area (Å²) in [5.74, 6) is 0. The van der Waals surface area contributed by atoms with Crippen LogP contribution in [0.4, 0.5) is 0 Å². The van der Waals surface area contributed by atoms with E-state index in [0.29, 0.717) is 0 Å². The van der Waals surface area contributed by atoms with Crippen LogP contribution in [0.25, 0.3) is 0 Å². The minimum absolute atomic E-state index is 0.616. The van der Waals surface area contributed by atoms with Gasteiger partial charge in [-0.25, -0.2) is 0 Å². The molecule has 9 heavy (non-hydrogen) atoms. The first-order valence-electron chi connectivity index (χ1n) is 3.08. The van der Waals surface area contributed by atoms with E-state index in [1.165, 1.54) is 0 Å². The van der Waals surface area contributed by atoms with E-state index in [4.69, 9.17) is 0 Å². The molecule has 1 heterocycles. The average molecular weight is 185 g/mol. The number of rotatable bonds is 1. The summed E-state index contributed by atoms with van der Waals surface area (Å²) in [5.41, 5.74) is 4.69. The van der Waals surface area contributed by atoms with Gasteiger partial charge in [-0.1, -0.05) is 0 Å². The molecule has 0 spiro atoms. The quantitative estimate of drug-likeness (QED) is 0.561. The summed E-state index contributed by atoms with van der Waals surface area (Å²) in [5, 5.41) is 0. The van der Waals surface area contributed by atoms with Crippen LogP contribution in [0.15, 0.2) is 24.4 Å². The van der Waals surface area contributed by atoms with Crippen LogP contribution in [-0.2, 0) is 0 Å². The van der Waals surface area contributed by atoms with Crippen molar-refractivity contribution in [3.05, 3.63) is 24.4 Å². The molecule has 0 bridgehead atoms. The van der Waals surface area contributed by atoms with Crippen molar-refractivity contribution in [3.8, 4) is 0 Å². The van der Waals surface area contributed by atoms with Crippen molar-refractivity contribution in [3.63, 3.8) is 0 Å². The molecular formula is C7H12AsN. The van der Waals surface area contributed by atoms with Gasteiger partial charge >= 0.3 is 61.1 Å². The van der Waals surface area contributed by atoms with E-state index < -0.39 is 14.9 Å². The van der Waals surface area contributed by atoms with Crippen LogP contribution in [0, 0.1) is 0 Å². The molecule has 0 aromatic heterocycles. The van der Waals surface area contributed by atoms with E-state index in [2.05, 4.69) is 39.7 Å². The number of allylic oxidation sites excluding steroid dienone is 2. The summed E-state index contributed by atoms with van der Waals surface area (Å²) in [6.45, 7) is 1.13. The third-order valence-corrected chi connectivity index (χ3v) is 4.09. The Bertz CT molecular complexity index is 138. The van der Waals surface area contributed by atoms with Crippen molar-refractivity contribution in [1.82, 2.24) is 3.82 Å². The Balaban J connectivity index is 2.46. The van der Waals surface area contributed by atoms with Crippen molar-refractivity contribution in [2.75, 3.05) is 6.54 Å². The third kappa shape index (κ3) is 1.91. The van der Waals surface area contributed by atoms with Gasteiger partial charge in [0, 0.05) is 0 Å². The van der Waals surface area contributed by atoms with E-state index >= 15 is 0 Å². The summed E-state index contributed by atoms with van der Waals surface area (Å²) < 4.78 is 2.44. The van der Waals surface area contributed by atoms with Crippen molar-refractivity contribution in [2.24, 2.45) is 0 Å². The van der Waals surface area contributed by atoms with Crippen molar-refractivity contribution < 1.29 is 0 Å². The molecule has 1 rings (SSSR count). The monoisotopic (exact) mass is 185 g/mol. The maximum absolute atomic E-state index is 2.44. The van der Waals surface area contributed by atoms with Gasteiger partial charge in [0.05, 0.1) is 0 Å². The summed E-state index contributed by atoms with van der Waals surface area (Å²) >= 11 is -0.616. The van der Waals surface area contributed by atoms with Gasteiger partial charge in [0.1, 0.15) is 0 Å². The first-order chi connectivity index (χ1) is 4.30. The molecule has 0 aromatic rings. The Morgan fingerprint density at radius 2 is 2.11 bits per heavy atom. The average Bonchev–Trinajstić information content (AvgIpc) is 1.90. The van der Waals surface area contributed by atoms with Crippen LogP contribution in [0.2, 0.25) is 11.4 Å². The third-order valence-electron chi connectivity index (χ3n) is 1.31. The molecule has 1 aliphatic rings. The van der Waals surface area contributed by atoms with Gasteiger partial charge in [0.15, 0.2) is 0 Å². The van der Waals surface area contributed by atoms with Crippen molar-refractivity contribution in [2.45, 2.75) is 11.4 Å². The second-order valence-electron chi connectivity index (χ2n) is 2.24. The molecule has 0 aliphatic carbocycles. The molecule has 1 aliphatic heterocycles. The van der Waals surface area contributed by atoms with Gasteiger partial charge in [-0.2, -0.15) is 0 Å². The summed E-state index contributed by atoms with van der Waals surface area (Å²) in [6.07, 6.45) is 8.61. The van der Waals surface area contributed by atoms with Crippen LogP contribution in [0.5, 0.6) is 0 Å². The number of hydrogen-bond donors (Lipinski definition) is 0. The molecule has 0 amide bonds. The Kier molecular flexibility index (Phi) is 2.41. The molecular weight excluding hydrogens is 173 g/mol. The molecule has 0 N–H and O–H groups in total. The normalized spacial score (nSPS) is 17.4. The second kappa shape index (κ2) is 3.12. The predicted octanol–water partition coefficient (Wildman–Crippen LogP) is 1.62. The SMILES string of the molecule is C[As](C)N1C=CC=CC1. The zero-order valence-electron chi connectivity index (χ0n) is 5.91. The van der Waals surface area contributed by atoms with Crippen LogP contribution in [0.1, 0.15) is 0 Å². The molecule has 0 fully saturated rings. The fourth-order valence-electron chi connectivity index (χ4n) is 0.754. The van der Waals surface area contributed by atoms with E-state index in [1.54, 1.807) is 0 Å². The topological polar surface area (TPSA) is 3.24 Å². The van der Waals surface area contributed by atoms with E-state index in [-0.39, 0.29) is 0 Å². The fourth-order valence-corrected chi connectivity index (χ4v) is 2.36. The van der Waals surface area contributed by atoms with Crippen LogP contribution >= 0.6 is 0 Å². The van der Waals surface area contributed by atoms with E-state index in [9.17, 15) is 0 Å². The number of nitrogens with zero attached hydrogens (tertiary/aromatic N) is 1. The Morgan fingerprint density at radius 3 is 2.44 bits per heavy atom. The summed E-state index contributed by atoms with van der Waals surface area (Å²) in [7, 11) is 0. The molecule has 50 valence electrons. The Labute approximate surface area is 61.5 Å². The summed E-state index contributed by atoms with van der Waals surface area (Å²) in [4.78, 5) is 0. The molecule has 1 nitrogen and oxygen atoms in total. The predicted molar refractivity (Wildman–Crippen MR) is 42.5 cm³/mol. The molecule has 0 saturated heterocycles. The van der Waals surface area contributed by atoms with Gasteiger partial charge in [-0.15, -0.1) is 0 Å². The second-order valence-corrected chi connectivity index (χ2v) is 6.87. The van der Waals surface area contributed by atoms with E-state index in [0.717, 1.165) is 6.54 Å². The standard InChI is InChI=1S/C7H12AsN/c1-8(2)9-6-4-3-5-7-9/h3-6H,7H2,1-2H3. The maximum atomic E-state index is 2.44. The van der Waals surface area contributed by atoms with Crippen LogP contribution in [0.3, 0.4) is 0 Å². The molecule has 0 atom stereocenters. The zero-order chi connectivity index (χ0) is 6.69. The van der Waals surface area contributed by atoms with Gasteiger partial charge in [-0.3, -0.25) is 0 Å². The van der Waals surface area contributed by atoms with Crippen LogP contribution in [-0.4, -0.2) is 25.2 Å². The molecule has 2 heteroatoms. The van der Waals surface area contributed by atoms with Crippen molar-refractivity contribution in [1.29, 1.82) is 0 Å². The van der Waals surface area contributed by atoms with E-state index in [1.807, 2.05) is 0 Å². The first-order valence-corrected chi connectivity index (χ1v) is 7.67. The first kappa shape index (κ1) is 6.95.